The number of hydrogen-bond donors (Lipinski definition) is 2. The smallest absolute Gasteiger partial charge is 0.191 e. The molecular weight excluding hydrogens is 443 g/mol. The number of ether oxygens (including phenoxy) is 1. The van der Waals surface area contributed by atoms with E-state index in [1.54, 1.807) is 14.2 Å². The van der Waals surface area contributed by atoms with Gasteiger partial charge < -0.3 is 19.9 Å². The van der Waals surface area contributed by atoms with Crippen LogP contribution in [0, 0.1) is 20.8 Å². The van der Waals surface area contributed by atoms with E-state index in [0.29, 0.717) is 6.54 Å². The maximum atomic E-state index is 5.45. The van der Waals surface area contributed by atoms with Crippen molar-refractivity contribution in [3.05, 3.63) is 46.3 Å². The van der Waals surface area contributed by atoms with E-state index in [-0.39, 0.29) is 29.9 Å². The van der Waals surface area contributed by atoms with Crippen LogP contribution in [0.15, 0.2) is 27.7 Å². The zero-order chi connectivity index (χ0) is 18.4. The van der Waals surface area contributed by atoms with Crippen molar-refractivity contribution in [3.8, 4) is 5.75 Å². The molecule has 0 spiro atoms. The Labute approximate surface area is 172 Å². The van der Waals surface area contributed by atoms with Crippen molar-refractivity contribution in [1.29, 1.82) is 0 Å². The third kappa shape index (κ3) is 5.62. The van der Waals surface area contributed by atoms with Gasteiger partial charge in [0.25, 0.3) is 0 Å². The lowest BCUT2D eigenvalue weighted by atomic mass is 10.00. The molecule has 0 aliphatic heterocycles. The number of rotatable bonds is 6. The lowest BCUT2D eigenvalue weighted by Crippen LogP contribution is -2.38. The van der Waals surface area contributed by atoms with Crippen LogP contribution in [-0.4, -0.2) is 31.8 Å². The van der Waals surface area contributed by atoms with Gasteiger partial charge in [0.15, 0.2) is 5.96 Å². The lowest BCUT2D eigenvalue weighted by Gasteiger charge is -2.17. The molecule has 1 aromatic carbocycles. The summed E-state index contributed by atoms with van der Waals surface area (Å²) in [7, 11) is 3.46. The summed E-state index contributed by atoms with van der Waals surface area (Å²) in [6.07, 6.45) is 0. The average Bonchev–Trinajstić information content (AvgIpc) is 2.94. The van der Waals surface area contributed by atoms with Gasteiger partial charge in [0.2, 0.25) is 0 Å². The number of benzene rings is 1. The van der Waals surface area contributed by atoms with Gasteiger partial charge in [-0.3, -0.25) is 4.99 Å². The third-order valence-electron chi connectivity index (χ3n) is 4.27. The first-order valence-corrected chi connectivity index (χ1v) is 8.47. The maximum absolute atomic E-state index is 5.45. The fourth-order valence-electron chi connectivity index (χ4n) is 2.94. The highest BCUT2D eigenvalue weighted by atomic mass is 127. The van der Waals surface area contributed by atoms with E-state index < -0.39 is 0 Å². The van der Waals surface area contributed by atoms with E-state index >= 15 is 0 Å². The van der Waals surface area contributed by atoms with Crippen molar-refractivity contribution in [2.75, 3.05) is 20.7 Å². The van der Waals surface area contributed by atoms with Crippen molar-refractivity contribution in [1.82, 2.24) is 15.8 Å². The molecule has 1 heterocycles. The lowest BCUT2D eigenvalue weighted by molar-refractivity contribution is 0.391. The van der Waals surface area contributed by atoms with Gasteiger partial charge in [-0.15, -0.1) is 24.0 Å². The van der Waals surface area contributed by atoms with Gasteiger partial charge in [0.05, 0.1) is 12.8 Å². The van der Waals surface area contributed by atoms with E-state index in [9.17, 15) is 0 Å². The molecule has 144 valence electrons. The summed E-state index contributed by atoms with van der Waals surface area (Å²) < 4.78 is 10.7. The Morgan fingerprint density at radius 3 is 2.58 bits per heavy atom. The van der Waals surface area contributed by atoms with Crippen LogP contribution < -0.4 is 15.4 Å². The summed E-state index contributed by atoms with van der Waals surface area (Å²) in [6, 6.07) is 6.18. The van der Waals surface area contributed by atoms with Crippen molar-refractivity contribution in [2.45, 2.75) is 40.2 Å². The Bertz CT molecular complexity index is 724. The molecule has 2 rings (SSSR count). The highest BCUT2D eigenvalue weighted by molar-refractivity contribution is 14.0. The maximum Gasteiger partial charge on any atom is 0.191 e. The molecule has 0 fully saturated rings. The molecule has 0 saturated carbocycles. The molecule has 0 aliphatic rings. The first-order valence-electron chi connectivity index (χ1n) is 8.47. The largest absolute Gasteiger partial charge is 0.496 e. The molecule has 0 radical (unpaired) electrons. The molecule has 1 aromatic heterocycles. The van der Waals surface area contributed by atoms with Crippen LogP contribution in [0.1, 0.15) is 41.0 Å². The molecule has 1 atom stereocenters. The molecular formula is C19H29IN4O2. The first-order chi connectivity index (χ1) is 12.0. The average molecular weight is 472 g/mol. The quantitative estimate of drug-likeness (QED) is 0.381. The van der Waals surface area contributed by atoms with Crippen LogP contribution >= 0.6 is 24.0 Å². The fourth-order valence-corrected chi connectivity index (χ4v) is 2.94. The molecule has 0 saturated heterocycles. The zero-order valence-corrected chi connectivity index (χ0v) is 18.7. The fraction of sp³-hybridized carbons (Fsp3) is 0.474. The van der Waals surface area contributed by atoms with E-state index in [0.717, 1.165) is 40.8 Å². The third-order valence-corrected chi connectivity index (χ3v) is 4.27. The van der Waals surface area contributed by atoms with Gasteiger partial charge in [-0.25, -0.2) is 0 Å². The molecule has 6 nitrogen and oxygen atoms in total. The van der Waals surface area contributed by atoms with Crippen molar-refractivity contribution < 1.29 is 9.26 Å². The van der Waals surface area contributed by atoms with Crippen molar-refractivity contribution in [2.24, 2.45) is 4.99 Å². The Morgan fingerprint density at radius 2 is 2.00 bits per heavy atom. The summed E-state index contributed by atoms with van der Waals surface area (Å²) in [6.45, 7) is 9.50. The number of aliphatic imine (C=N–C) groups is 1. The monoisotopic (exact) mass is 472 g/mol. The van der Waals surface area contributed by atoms with Crippen molar-refractivity contribution >= 4 is 29.9 Å². The van der Waals surface area contributed by atoms with Gasteiger partial charge in [-0.05, 0) is 32.4 Å². The molecule has 7 heteroatoms. The molecule has 26 heavy (non-hydrogen) atoms. The molecule has 2 N–H and O–H groups in total. The molecule has 2 aromatic rings. The van der Waals surface area contributed by atoms with Crippen LogP contribution in [0.4, 0.5) is 0 Å². The number of nitrogens with zero attached hydrogens (tertiary/aromatic N) is 2. The van der Waals surface area contributed by atoms with Crippen molar-refractivity contribution in [3.63, 3.8) is 0 Å². The minimum Gasteiger partial charge on any atom is -0.496 e. The zero-order valence-electron chi connectivity index (χ0n) is 16.3. The Hall–Kier alpha value is -1.77. The number of aryl methyl sites for hydroxylation is 3. The number of nitrogens with one attached hydrogen (secondary N) is 2. The number of methoxy groups -OCH3 is 1. The Balaban J connectivity index is 0.00000338. The number of aromatic nitrogens is 1. The second-order valence-corrected chi connectivity index (χ2v) is 6.26. The number of halogens is 1. The summed E-state index contributed by atoms with van der Waals surface area (Å²) >= 11 is 0. The van der Waals surface area contributed by atoms with Gasteiger partial charge in [-0.2, -0.15) is 0 Å². The van der Waals surface area contributed by atoms with Crippen LogP contribution in [-0.2, 0) is 6.54 Å². The van der Waals surface area contributed by atoms with Gasteiger partial charge in [0, 0.05) is 37.2 Å². The predicted molar refractivity (Wildman–Crippen MR) is 116 cm³/mol. The molecule has 0 bridgehead atoms. The minimum atomic E-state index is 0. The van der Waals surface area contributed by atoms with Crippen LogP contribution in [0.3, 0.4) is 0 Å². The highest BCUT2D eigenvalue weighted by Crippen LogP contribution is 2.22. The normalized spacial score (nSPS) is 12.3. The first kappa shape index (κ1) is 22.3. The highest BCUT2D eigenvalue weighted by Gasteiger charge is 2.16. The number of guanidine groups is 1. The summed E-state index contributed by atoms with van der Waals surface area (Å²) in [5, 5.41) is 10.7. The van der Waals surface area contributed by atoms with Gasteiger partial charge in [-0.1, -0.05) is 24.2 Å². The van der Waals surface area contributed by atoms with Crippen LogP contribution in [0.25, 0.3) is 0 Å². The second-order valence-electron chi connectivity index (χ2n) is 6.26. The van der Waals surface area contributed by atoms with Crippen LogP contribution in [0.5, 0.6) is 5.75 Å². The topological polar surface area (TPSA) is 71.7 Å². The predicted octanol–water partition coefficient (Wildman–Crippen LogP) is 3.70. The molecule has 0 aliphatic carbocycles. The SMILES string of the molecule is CN=C(NCc1ccc(C)cc1OC)NCC(C)c1c(C)noc1C.I. The summed E-state index contributed by atoms with van der Waals surface area (Å²) in [5.41, 5.74) is 4.37. The number of hydrogen-bond acceptors (Lipinski definition) is 4. The summed E-state index contributed by atoms with van der Waals surface area (Å²) in [5.74, 6) is 2.78. The van der Waals surface area contributed by atoms with E-state index in [1.165, 1.54) is 5.56 Å². The van der Waals surface area contributed by atoms with Gasteiger partial charge in [0.1, 0.15) is 11.5 Å². The Kier molecular flexibility index (Phi) is 8.91. The van der Waals surface area contributed by atoms with E-state index in [1.807, 2.05) is 19.9 Å². The van der Waals surface area contributed by atoms with Crippen LogP contribution in [0.2, 0.25) is 0 Å². The molecule has 0 amide bonds. The Morgan fingerprint density at radius 1 is 1.27 bits per heavy atom. The van der Waals surface area contributed by atoms with E-state index in [2.05, 4.69) is 46.8 Å². The minimum absolute atomic E-state index is 0. The molecule has 1 unspecified atom stereocenters. The summed E-state index contributed by atoms with van der Waals surface area (Å²) in [4.78, 5) is 4.29. The standard InChI is InChI=1S/C19H28N4O2.HI/c1-12-7-8-16(17(9-12)24-6)11-22-19(20-5)21-10-13(2)18-14(3)23-25-15(18)4;/h7-9,13H,10-11H2,1-6H3,(H2,20,21,22);1H. The van der Waals surface area contributed by atoms with Gasteiger partial charge >= 0.3 is 0 Å². The second kappa shape index (κ2) is 10.4. The van der Waals surface area contributed by atoms with E-state index in [4.69, 9.17) is 9.26 Å².